The second-order valence-corrected chi connectivity index (χ2v) is 8.41. The molecular formula is C26H32N2O8. The molecule has 10 heteroatoms. The van der Waals surface area contributed by atoms with Crippen molar-refractivity contribution in [1.82, 2.24) is 9.80 Å². The van der Waals surface area contributed by atoms with Crippen LogP contribution in [-0.2, 0) is 32.3 Å². The van der Waals surface area contributed by atoms with Crippen LogP contribution in [-0.4, -0.2) is 60.9 Å². The Morgan fingerprint density at radius 1 is 0.556 bits per heavy atom. The van der Waals surface area contributed by atoms with Gasteiger partial charge >= 0.3 is 23.9 Å². The third-order valence-electron chi connectivity index (χ3n) is 4.80. The summed E-state index contributed by atoms with van der Waals surface area (Å²) in [6, 6.07) is 10.2. The maximum atomic E-state index is 11.4. The van der Waals surface area contributed by atoms with Gasteiger partial charge in [0, 0.05) is 53.9 Å². The summed E-state index contributed by atoms with van der Waals surface area (Å²) in [7, 11) is 3.93. The molecule has 2 rings (SSSR count). The minimum absolute atomic E-state index is 0.191. The molecule has 194 valence electrons. The molecular weight excluding hydrogens is 468 g/mol. The van der Waals surface area contributed by atoms with Gasteiger partial charge < -0.3 is 28.7 Å². The molecule has 2 aromatic rings. The minimum atomic E-state index is -0.506. The van der Waals surface area contributed by atoms with Crippen molar-refractivity contribution in [3.63, 3.8) is 0 Å². The highest BCUT2D eigenvalue weighted by Gasteiger charge is 2.14. The van der Waals surface area contributed by atoms with E-state index in [-0.39, 0.29) is 23.0 Å². The maximum absolute atomic E-state index is 11.4. The van der Waals surface area contributed by atoms with Crippen LogP contribution in [0, 0.1) is 0 Å². The molecule has 0 spiro atoms. The molecule has 0 radical (unpaired) electrons. The lowest BCUT2D eigenvalue weighted by atomic mass is 10.2. The fraction of sp³-hybridized carbons (Fsp3) is 0.385. The van der Waals surface area contributed by atoms with Crippen molar-refractivity contribution in [3.05, 3.63) is 47.5 Å². The predicted octanol–water partition coefficient (Wildman–Crippen LogP) is 2.95. The smallest absolute Gasteiger partial charge is 0.308 e. The van der Waals surface area contributed by atoms with Gasteiger partial charge in [0.15, 0.2) is 23.0 Å². The van der Waals surface area contributed by atoms with E-state index < -0.39 is 23.9 Å². The van der Waals surface area contributed by atoms with Crippen molar-refractivity contribution in [2.24, 2.45) is 0 Å². The molecule has 0 fully saturated rings. The molecule has 0 bridgehead atoms. The average molecular weight is 501 g/mol. The maximum Gasteiger partial charge on any atom is 0.308 e. The van der Waals surface area contributed by atoms with Gasteiger partial charge in [-0.2, -0.15) is 0 Å². The first-order valence-electron chi connectivity index (χ1n) is 11.3. The Bertz CT molecular complexity index is 1030. The van der Waals surface area contributed by atoms with Gasteiger partial charge in [-0.15, -0.1) is 0 Å². The quantitative estimate of drug-likeness (QED) is 0.337. The molecule has 0 atom stereocenters. The van der Waals surface area contributed by atoms with Crippen LogP contribution in [0.15, 0.2) is 36.4 Å². The molecule has 36 heavy (non-hydrogen) atoms. The highest BCUT2D eigenvalue weighted by molar-refractivity contribution is 5.74. The molecule has 0 heterocycles. The predicted molar refractivity (Wildman–Crippen MR) is 131 cm³/mol. The zero-order valence-corrected chi connectivity index (χ0v) is 21.5. The van der Waals surface area contributed by atoms with E-state index in [9.17, 15) is 19.2 Å². The third-order valence-corrected chi connectivity index (χ3v) is 4.80. The molecule has 0 aliphatic heterocycles. The van der Waals surface area contributed by atoms with Gasteiger partial charge in [0.2, 0.25) is 0 Å². The summed E-state index contributed by atoms with van der Waals surface area (Å²) in [4.78, 5) is 49.7. The van der Waals surface area contributed by atoms with Crippen molar-refractivity contribution in [3.8, 4) is 23.0 Å². The van der Waals surface area contributed by atoms with E-state index in [1.807, 2.05) is 26.2 Å². The van der Waals surface area contributed by atoms with Crippen LogP contribution >= 0.6 is 0 Å². The van der Waals surface area contributed by atoms with Crippen LogP contribution in [0.5, 0.6) is 23.0 Å². The number of ether oxygens (including phenoxy) is 4. The van der Waals surface area contributed by atoms with Crippen LogP contribution in [0.2, 0.25) is 0 Å². The zero-order chi connectivity index (χ0) is 26.8. The Hall–Kier alpha value is -3.76. The topological polar surface area (TPSA) is 112 Å². The zero-order valence-electron chi connectivity index (χ0n) is 21.5. The summed E-state index contributed by atoms with van der Waals surface area (Å²) in [5.41, 5.74) is 1.78. The monoisotopic (exact) mass is 500 g/mol. The molecule has 0 amide bonds. The lowest BCUT2D eigenvalue weighted by Gasteiger charge is -2.23. The lowest BCUT2D eigenvalue weighted by Crippen LogP contribution is -2.30. The first-order valence-corrected chi connectivity index (χ1v) is 11.3. The van der Waals surface area contributed by atoms with Gasteiger partial charge in [0.05, 0.1) is 0 Å². The number of carbonyl (C=O) groups is 4. The normalized spacial score (nSPS) is 10.8. The number of rotatable bonds is 11. The Morgan fingerprint density at radius 2 is 0.861 bits per heavy atom. The van der Waals surface area contributed by atoms with Crippen LogP contribution in [0.4, 0.5) is 0 Å². The van der Waals surface area contributed by atoms with E-state index in [0.717, 1.165) is 24.2 Å². The van der Waals surface area contributed by atoms with E-state index in [1.165, 1.54) is 27.7 Å². The molecule has 2 aromatic carbocycles. The van der Waals surface area contributed by atoms with Crippen molar-refractivity contribution in [2.75, 3.05) is 27.2 Å². The summed E-state index contributed by atoms with van der Waals surface area (Å²) in [5.74, 6) is -1.24. The number of nitrogens with zero attached hydrogens (tertiary/aromatic N) is 2. The van der Waals surface area contributed by atoms with Crippen LogP contribution < -0.4 is 18.9 Å². The fourth-order valence-corrected chi connectivity index (χ4v) is 3.37. The molecule has 0 unspecified atom stereocenters. The number of benzene rings is 2. The SMILES string of the molecule is CC(=O)Oc1ccc(CN(C)CCN(C)Cc2ccc(OC(C)=O)c(OC(C)=O)c2)cc1OC(C)=O. The summed E-state index contributed by atoms with van der Waals surface area (Å²) in [5, 5.41) is 0. The van der Waals surface area contributed by atoms with Gasteiger partial charge in [0.25, 0.3) is 0 Å². The Labute approximate surface area is 210 Å². The molecule has 10 nitrogen and oxygen atoms in total. The van der Waals surface area contributed by atoms with Crippen molar-refractivity contribution >= 4 is 23.9 Å². The number of hydrogen-bond donors (Lipinski definition) is 0. The summed E-state index contributed by atoms with van der Waals surface area (Å²) in [6.45, 7) is 7.74. The lowest BCUT2D eigenvalue weighted by molar-refractivity contribution is -0.134. The standard InChI is InChI=1S/C26H32N2O8/c1-17(29)33-23-9-7-21(13-25(23)35-19(3)31)15-27(5)11-12-28(6)16-22-8-10-24(34-18(2)30)26(14-22)36-20(4)32/h7-10,13-14H,11-12,15-16H2,1-6H3. The first-order chi connectivity index (χ1) is 16.9. The van der Waals surface area contributed by atoms with Gasteiger partial charge in [-0.25, -0.2) is 0 Å². The minimum Gasteiger partial charge on any atom is -0.423 e. The second-order valence-electron chi connectivity index (χ2n) is 8.41. The van der Waals surface area contributed by atoms with Crippen molar-refractivity contribution in [1.29, 1.82) is 0 Å². The van der Waals surface area contributed by atoms with Gasteiger partial charge in [0.1, 0.15) is 0 Å². The molecule has 0 saturated heterocycles. The number of carbonyl (C=O) groups excluding carboxylic acids is 4. The Morgan fingerprint density at radius 3 is 1.17 bits per heavy atom. The van der Waals surface area contributed by atoms with Gasteiger partial charge in [-0.3, -0.25) is 19.2 Å². The first kappa shape index (κ1) is 28.5. The molecule has 0 aliphatic rings. The van der Waals surface area contributed by atoms with Crippen LogP contribution in [0.3, 0.4) is 0 Å². The largest absolute Gasteiger partial charge is 0.423 e. The number of likely N-dealkylation sites (N-methyl/N-ethyl adjacent to an activating group) is 2. The molecule has 0 saturated carbocycles. The summed E-state index contributed by atoms with van der Waals surface area (Å²) in [6.07, 6.45) is 0. The van der Waals surface area contributed by atoms with Crippen LogP contribution in [0.25, 0.3) is 0 Å². The Kier molecular flexibility index (Phi) is 10.6. The molecule has 0 N–H and O–H groups in total. The van der Waals surface area contributed by atoms with Crippen LogP contribution in [0.1, 0.15) is 38.8 Å². The van der Waals surface area contributed by atoms with E-state index in [0.29, 0.717) is 13.1 Å². The highest BCUT2D eigenvalue weighted by Crippen LogP contribution is 2.30. The fourth-order valence-electron chi connectivity index (χ4n) is 3.37. The van der Waals surface area contributed by atoms with E-state index >= 15 is 0 Å². The van der Waals surface area contributed by atoms with E-state index in [2.05, 4.69) is 9.80 Å². The van der Waals surface area contributed by atoms with E-state index in [1.54, 1.807) is 24.3 Å². The highest BCUT2D eigenvalue weighted by atomic mass is 16.6. The van der Waals surface area contributed by atoms with Gasteiger partial charge in [-0.05, 0) is 49.5 Å². The third kappa shape index (κ3) is 9.85. The van der Waals surface area contributed by atoms with E-state index in [4.69, 9.17) is 18.9 Å². The molecule has 0 aliphatic carbocycles. The van der Waals surface area contributed by atoms with Gasteiger partial charge in [-0.1, -0.05) is 12.1 Å². The molecule has 0 aromatic heterocycles. The Balaban J connectivity index is 1.98. The number of esters is 4. The summed E-state index contributed by atoms with van der Waals surface area (Å²) >= 11 is 0. The second kappa shape index (κ2) is 13.4. The summed E-state index contributed by atoms with van der Waals surface area (Å²) < 4.78 is 20.6. The van der Waals surface area contributed by atoms with Crippen molar-refractivity contribution in [2.45, 2.75) is 40.8 Å². The average Bonchev–Trinajstić information content (AvgIpc) is 2.74. The van der Waals surface area contributed by atoms with Crippen molar-refractivity contribution < 1.29 is 38.1 Å². The number of hydrogen-bond acceptors (Lipinski definition) is 10.